The minimum atomic E-state index is 0.213. The van der Waals surface area contributed by atoms with Crippen molar-refractivity contribution in [1.29, 1.82) is 0 Å². The lowest BCUT2D eigenvalue weighted by Crippen LogP contribution is -2.42. The van der Waals surface area contributed by atoms with Gasteiger partial charge in [-0.25, -0.2) is 0 Å². The number of nitrogens with zero attached hydrogens (tertiary/aromatic N) is 2. The minimum absolute atomic E-state index is 0.213. The summed E-state index contributed by atoms with van der Waals surface area (Å²) in [6.45, 7) is 11.4. The molecular formula is C18H34N2O2. The van der Waals surface area contributed by atoms with E-state index in [1.165, 1.54) is 38.6 Å². The highest BCUT2D eigenvalue weighted by Crippen LogP contribution is 2.23. The van der Waals surface area contributed by atoms with Crippen molar-refractivity contribution in [3.05, 3.63) is 0 Å². The molecule has 0 aromatic heterocycles. The molecule has 0 saturated carbocycles. The van der Waals surface area contributed by atoms with Crippen molar-refractivity contribution < 1.29 is 9.53 Å². The monoisotopic (exact) mass is 310 g/mol. The van der Waals surface area contributed by atoms with Crippen molar-refractivity contribution in [2.75, 3.05) is 45.9 Å². The van der Waals surface area contributed by atoms with Gasteiger partial charge in [0.15, 0.2) is 0 Å². The van der Waals surface area contributed by atoms with Gasteiger partial charge in [-0.05, 0) is 38.1 Å². The van der Waals surface area contributed by atoms with Crippen molar-refractivity contribution in [2.45, 2.75) is 52.4 Å². The molecule has 0 radical (unpaired) electrons. The summed E-state index contributed by atoms with van der Waals surface area (Å²) in [4.78, 5) is 17.1. The van der Waals surface area contributed by atoms with Crippen LogP contribution >= 0.6 is 0 Å². The molecule has 128 valence electrons. The van der Waals surface area contributed by atoms with E-state index in [-0.39, 0.29) is 5.92 Å². The fourth-order valence-electron chi connectivity index (χ4n) is 3.58. The van der Waals surface area contributed by atoms with E-state index in [9.17, 15) is 4.79 Å². The third-order valence-electron chi connectivity index (χ3n) is 5.30. The Balaban J connectivity index is 1.63. The molecule has 2 aliphatic heterocycles. The lowest BCUT2D eigenvalue weighted by molar-refractivity contribution is -0.136. The van der Waals surface area contributed by atoms with E-state index in [4.69, 9.17) is 4.74 Å². The number of rotatable bonds is 7. The minimum Gasteiger partial charge on any atom is -0.379 e. The molecule has 2 rings (SSSR count). The maximum absolute atomic E-state index is 12.4. The summed E-state index contributed by atoms with van der Waals surface area (Å²) in [5, 5.41) is 0. The fourth-order valence-corrected chi connectivity index (χ4v) is 3.58. The molecule has 1 amide bonds. The molecule has 2 fully saturated rings. The zero-order valence-corrected chi connectivity index (χ0v) is 14.6. The third-order valence-corrected chi connectivity index (χ3v) is 5.30. The number of hydrogen-bond donors (Lipinski definition) is 0. The van der Waals surface area contributed by atoms with E-state index in [1.54, 1.807) is 0 Å². The van der Waals surface area contributed by atoms with E-state index in [0.29, 0.717) is 5.91 Å². The molecule has 4 nitrogen and oxygen atoms in total. The lowest BCUT2D eigenvalue weighted by atomic mass is 9.92. The van der Waals surface area contributed by atoms with Crippen LogP contribution in [-0.2, 0) is 9.53 Å². The second-order valence-corrected chi connectivity index (χ2v) is 7.05. The Hall–Kier alpha value is -0.610. The van der Waals surface area contributed by atoms with E-state index in [1.807, 2.05) is 0 Å². The molecule has 1 unspecified atom stereocenters. The number of morpholine rings is 1. The zero-order chi connectivity index (χ0) is 15.8. The van der Waals surface area contributed by atoms with Crippen LogP contribution in [0.15, 0.2) is 0 Å². The number of carbonyl (C=O) groups is 1. The standard InChI is InChI=1S/C18H34N2O2/c1-3-4-5-16(2)18(21)20-10-7-17(8-11-20)6-9-19-12-14-22-15-13-19/h16-17H,3-15H2,1-2H3. The summed E-state index contributed by atoms with van der Waals surface area (Å²) >= 11 is 0. The molecule has 2 heterocycles. The van der Waals surface area contributed by atoms with Crippen molar-refractivity contribution >= 4 is 5.91 Å². The first-order chi connectivity index (χ1) is 10.7. The van der Waals surface area contributed by atoms with Crippen molar-refractivity contribution in [3.63, 3.8) is 0 Å². The SMILES string of the molecule is CCCCC(C)C(=O)N1CCC(CCN2CCOCC2)CC1. The summed E-state index contributed by atoms with van der Waals surface area (Å²) in [6.07, 6.45) is 7.07. The van der Waals surface area contributed by atoms with E-state index >= 15 is 0 Å². The van der Waals surface area contributed by atoms with Crippen molar-refractivity contribution in [2.24, 2.45) is 11.8 Å². The fraction of sp³-hybridized carbons (Fsp3) is 0.944. The second kappa shape index (κ2) is 9.51. The van der Waals surface area contributed by atoms with Crippen molar-refractivity contribution in [3.8, 4) is 0 Å². The van der Waals surface area contributed by atoms with Gasteiger partial charge in [0.2, 0.25) is 5.91 Å². The second-order valence-electron chi connectivity index (χ2n) is 7.05. The van der Waals surface area contributed by atoms with Crippen LogP contribution in [-0.4, -0.2) is 61.6 Å². The number of amides is 1. The molecule has 0 N–H and O–H groups in total. The zero-order valence-electron chi connectivity index (χ0n) is 14.6. The molecule has 0 bridgehead atoms. The Bertz CT molecular complexity index is 321. The predicted molar refractivity (Wildman–Crippen MR) is 89.9 cm³/mol. The average Bonchev–Trinajstić information content (AvgIpc) is 2.58. The molecule has 22 heavy (non-hydrogen) atoms. The number of hydrogen-bond acceptors (Lipinski definition) is 3. The Morgan fingerprint density at radius 2 is 1.86 bits per heavy atom. The molecule has 2 saturated heterocycles. The van der Waals surface area contributed by atoms with E-state index in [0.717, 1.165) is 51.7 Å². The summed E-state index contributed by atoms with van der Waals surface area (Å²) in [6, 6.07) is 0. The summed E-state index contributed by atoms with van der Waals surface area (Å²) in [5.74, 6) is 1.41. The van der Waals surface area contributed by atoms with Gasteiger partial charge in [-0.2, -0.15) is 0 Å². The number of ether oxygens (including phenoxy) is 1. The lowest BCUT2D eigenvalue weighted by Gasteiger charge is -2.35. The molecular weight excluding hydrogens is 276 g/mol. The van der Waals surface area contributed by atoms with Gasteiger partial charge in [0, 0.05) is 32.1 Å². The highest BCUT2D eigenvalue weighted by Gasteiger charge is 2.26. The topological polar surface area (TPSA) is 32.8 Å². The summed E-state index contributed by atoms with van der Waals surface area (Å²) < 4.78 is 5.40. The van der Waals surface area contributed by atoms with Crippen LogP contribution in [0.2, 0.25) is 0 Å². The first-order valence-electron chi connectivity index (χ1n) is 9.29. The van der Waals surface area contributed by atoms with Gasteiger partial charge in [-0.3, -0.25) is 9.69 Å². The molecule has 0 aliphatic carbocycles. The van der Waals surface area contributed by atoms with Crippen molar-refractivity contribution in [1.82, 2.24) is 9.80 Å². The molecule has 4 heteroatoms. The third kappa shape index (κ3) is 5.54. The van der Waals surface area contributed by atoms with Crippen LogP contribution in [0.3, 0.4) is 0 Å². The first kappa shape index (κ1) is 17.7. The highest BCUT2D eigenvalue weighted by molar-refractivity contribution is 5.78. The van der Waals surface area contributed by atoms with Crippen LogP contribution in [0.25, 0.3) is 0 Å². The van der Waals surface area contributed by atoms with Gasteiger partial charge in [-0.1, -0.05) is 26.7 Å². The molecule has 1 atom stereocenters. The smallest absolute Gasteiger partial charge is 0.225 e. The molecule has 0 spiro atoms. The first-order valence-corrected chi connectivity index (χ1v) is 9.29. The quantitative estimate of drug-likeness (QED) is 0.725. The van der Waals surface area contributed by atoms with Gasteiger partial charge in [0.25, 0.3) is 0 Å². The Morgan fingerprint density at radius 3 is 2.50 bits per heavy atom. The Kier molecular flexibility index (Phi) is 7.67. The van der Waals surface area contributed by atoms with Gasteiger partial charge >= 0.3 is 0 Å². The van der Waals surface area contributed by atoms with E-state index in [2.05, 4.69) is 23.6 Å². The van der Waals surface area contributed by atoms with Crippen LogP contribution in [0, 0.1) is 11.8 Å². The molecule has 0 aromatic rings. The number of unbranched alkanes of at least 4 members (excludes halogenated alkanes) is 1. The maximum atomic E-state index is 12.4. The van der Waals surface area contributed by atoms with Crippen LogP contribution < -0.4 is 0 Å². The molecule has 2 aliphatic rings. The maximum Gasteiger partial charge on any atom is 0.225 e. The van der Waals surface area contributed by atoms with Gasteiger partial charge in [0.05, 0.1) is 13.2 Å². The normalized spacial score (nSPS) is 22.7. The Labute approximate surface area is 136 Å². The van der Waals surface area contributed by atoms with Crippen LogP contribution in [0.4, 0.5) is 0 Å². The largest absolute Gasteiger partial charge is 0.379 e. The van der Waals surface area contributed by atoms with Crippen LogP contribution in [0.1, 0.15) is 52.4 Å². The Morgan fingerprint density at radius 1 is 1.18 bits per heavy atom. The number of piperidine rings is 1. The highest BCUT2D eigenvalue weighted by atomic mass is 16.5. The van der Waals surface area contributed by atoms with Crippen LogP contribution in [0.5, 0.6) is 0 Å². The predicted octanol–water partition coefficient (Wildman–Crippen LogP) is 2.77. The summed E-state index contributed by atoms with van der Waals surface area (Å²) in [7, 11) is 0. The van der Waals surface area contributed by atoms with E-state index < -0.39 is 0 Å². The van der Waals surface area contributed by atoms with Gasteiger partial charge < -0.3 is 9.64 Å². The van der Waals surface area contributed by atoms with Gasteiger partial charge in [0.1, 0.15) is 0 Å². The summed E-state index contributed by atoms with van der Waals surface area (Å²) in [5.41, 5.74) is 0. The molecule has 0 aromatic carbocycles. The average molecular weight is 310 g/mol. The van der Waals surface area contributed by atoms with Gasteiger partial charge in [-0.15, -0.1) is 0 Å². The number of carbonyl (C=O) groups excluding carboxylic acids is 1. The number of likely N-dealkylation sites (tertiary alicyclic amines) is 1.